The fraction of sp³-hybridized carbons (Fsp3) is 0.0714. The van der Waals surface area contributed by atoms with Crippen molar-refractivity contribution < 1.29 is 4.74 Å². The van der Waals surface area contributed by atoms with Crippen LogP contribution in [0.15, 0.2) is 48.7 Å². The maximum absolute atomic E-state index is 5.17. The van der Waals surface area contributed by atoms with Crippen molar-refractivity contribution in [3.8, 4) is 17.1 Å². The van der Waals surface area contributed by atoms with Crippen LogP contribution in [0.2, 0.25) is 0 Å². The van der Waals surface area contributed by atoms with Crippen LogP contribution in [0.3, 0.4) is 0 Å². The molecular weight excluding hydrogens is 339 g/mol. The van der Waals surface area contributed by atoms with Gasteiger partial charge in [0, 0.05) is 11.8 Å². The second-order valence-electron chi connectivity index (χ2n) is 3.91. The molecule has 0 fully saturated rings. The lowest BCUT2D eigenvalue weighted by Crippen LogP contribution is -1.89. The van der Waals surface area contributed by atoms with Gasteiger partial charge in [-0.05, 0) is 59.0 Å². The largest absolute Gasteiger partial charge is 0.497 e. The van der Waals surface area contributed by atoms with Gasteiger partial charge in [-0.2, -0.15) is 0 Å². The molecule has 90 valence electrons. The number of fused-ring (bicyclic) bond motifs is 1. The van der Waals surface area contributed by atoms with Crippen LogP contribution in [-0.2, 0) is 0 Å². The van der Waals surface area contributed by atoms with Crippen LogP contribution in [0.25, 0.3) is 16.9 Å². The van der Waals surface area contributed by atoms with E-state index in [1.54, 1.807) is 7.11 Å². The van der Waals surface area contributed by atoms with Crippen molar-refractivity contribution in [3.63, 3.8) is 0 Å². The third kappa shape index (κ3) is 1.86. The number of aromatic nitrogens is 2. The summed E-state index contributed by atoms with van der Waals surface area (Å²) >= 11 is 2.26. The predicted octanol–water partition coefficient (Wildman–Crippen LogP) is 3.61. The molecule has 0 saturated heterocycles. The standard InChI is InChI=1S/C14H11IN2O/c1-18-11-7-5-10(6-8-11)14-16-13(15)12-4-2-3-9-17(12)14/h2-9H,1H3. The first-order valence-corrected chi connectivity index (χ1v) is 6.64. The smallest absolute Gasteiger partial charge is 0.145 e. The Balaban J connectivity index is 2.18. The Labute approximate surface area is 119 Å². The fourth-order valence-electron chi connectivity index (χ4n) is 1.94. The molecule has 0 spiro atoms. The van der Waals surface area contributed by atoms with Gasteiger partial charge in [0.05, 0.1) is 12.6 Å². The Morgan fingerprint density at radius 1 is 1.11 bits per heavy atom. The van der Waals surface area contributed by atoms with Gasteiger partial charge >= 0.3 is 0 Å². The minimum atomic E-state index is 0.856. The lowest BCUT2D eigenvalue weighted by atomic mass is 10.2. The topological polar surface area (TPSA) is 26.5 Å². The molecule has 4 heteroatoms. The lowest BCUT2D eigenvalue weighted by Gasteiger charge is -2.03. The predicted molar refractivity (Wildman–Crippen MR) is 79.9 cm³/mol. The zero-order valence-electron chi connectivity index (χ0n) is 9.80. The van der Waals surface area contributed by atoms with E-state index in [0.29, 0.717) is 0 Å². The van der Waals surface area contributed by atoms with Gasteiger partial charge in [0.25, 0.3) is 0 Å². The lowest BCUT2D eigenvalue weighted by molar-refractivity contribution is 0.415. The van der Waals surface area contributed by atoms with Crippen LogP contribution in [-0.4, -0.2) is 16.5 Å². The zero-order valence-corrected chi connectivity index (χ0v) is 12.0. The Hall–Kier alpha value is -1.56. The molecule has 0 N–H and O–H groups in total. The van der Waals surface area contributed by atoms with Crippen LogP contribution < -0.4 is 4.74 Å². The van der Waals surface area contributed by atoms with Gasteiger partial charge in [0.15, 0.2) is 0 Å². The molecule has 0 aliphatic rings. The summed E-state index contributed by atoms with van der Waals surface area (Å²) in [7, 11) is 1.67. The Morgan fingerprint density at radius 2 is 1.89 bits per heavy atom. The van der Waals surface area contributed by atoms with E-state index in [0.717, 1.165) is 26.4 Å². The summed E-state index contributed by atoms with van der Waals surface area (Å²) in [4.78, 5) is 4.62. The highest BCUT2D eigenvalue weighted by molar-refractivity contribution is 14.1. The second kappa shape index (κ2) is 4.61. The van der Waals surface area contributed by atoms with E-state index < -0.39 is 0 Å². The van der Waals surface area contributed by atoms with Gasteiger partial charge in [-0.3, -0.25) is 4.40 Å². The molecular formula is C14H11IN2O. The Kier molecular flexibility index (Phi) is 2.95. The van der Waals surface area contributed by atoms with Crippen molar-refractivity contribution in [1.82, 2.24) is 9.38 Å². The Morgan fingerprint density at radius 3 is 2.61 bits per heavy atom. The maximum Gasteiger partial charge on any atom is 0.145 e. The van der Waals surface area contributed by atoms with E-state index in [2.05, 4.69) is 38.0 Å². The van der Waals surface area contributed by atoms with E-state index in [-0.39, 0.29) is 0 Å². The first-order chi connectivity index (χ1) is 8.79. The number of imidazole rings is 1. The molecule has 0 atom stereocenters. The summed E-state index contributed by atoms with van der Waals surface area (Å²) in [5.41, 5.74) is 2.21. The summed E-state index contributed by atoms with van der Waals surface area (Å²) in [5, 5.41) is 0. The van der Waals surface area contributed by atoms with E-state index in [9.17, 15) is 0 Å². The number of methoxy groups -OCH3 is 1. The summed E-state index contributed by atoms with van der Waals surface area (Å²) in [5.74, 6) is 1.81. The Bertz CT molecular complexity index is 689. The quantitative estimate of drug-likeness (QED) is 0.660. The molecule has 0 aliphatic carbocycles. The van der Waals surface area contributed by atoms with Gasteiger partial charge in [-0.15, -0.1) is 0 Å². The van der Waals surface area contributed by atoms with Crippen LogP contribution in [0, 0.1) is 3.70 Å². The first kappa shape index (κ1) is 11.5. The van der Waals surface area contributed by atoms with Gasteiger partial charge in [0.2, 0.25) is 0 Å². The molecule has 3 rings (SSSR count). The zero-order chi connectivity index (χ0) is 12.5. The van der Waals surface area contributed by atoms with Crippen LogP contribution in [0.5, 0.6) is 5.75 Å². The molecule has 0 unspecified atom stereocenters. The van der Waals surface area contributed by atoms with Crippen molar-refractivity contribution in [2.24, 2.45) is 0 Å². The van der Waals surface area contributed by atoms with E-state index in [4.69, 9.17) is 4.74 Å². The molecule has 1 aromatic carbocycles. The van der Waals surface area contributed by atoms with Crippen molar-refractivity contribution in [2.45, 2.75) is 0 Å². The van der Waals surface area contributed by atoms with Crippen LogP contribution >= 0.6 is 22.6 Å². The van der Waals surface area contributed by atoms with Gasteiger partial charge in [-0.25, -0.2) is 4.98 Å². The highest BCUT2D eigenvalue weighted by Gasteiger charge is 2.09. The molecule has 2 aromatic heterocycles. The van der Waals surface area contributed by atoms with Gasteiger partial charge in [0.1, 0.15) is 15.3 Å². The summed E-state index contributed by atoms with van der Waals surface area (Å²) in [6.07, 6.45) is 2.03. The molecule has 0 bridgehead atoms. The number of hydrogen-bond donors (Lipinski definition) is 0. The molecule has 3 aromatic rings. The average Bonchev–Trinajstić information content (AvgIpc) is 2.77. The number of pyridine rings is 1. The molecule has 0 radical (unpaired) electrons. The van der Waals surface area contributed by atoms with Crippen molar-refractivity contribution >= 4 is 28.1 Å². The number of hydrogen-bond acceptors (Lipinski definition) is 2. The fourth-order valence-corrected chi connectivity index (χ4v) is 2.61. The maximum atomic E-state index is 5.17. The van der Waals surface area contributed by atoms with E-state index in [1.165, 1.54) is 0 Å². The number of ether oxygens (including phenoxy) is 1. The molecule has 18 heavy (non-hydrogen) atoms. The minimum absolute atomic E-state index is 0.856. The molecule has 3 nitrogen and oxygen atoms in total. The third-order valence-electron chi connectivity index (χ3n) is 2.85. The summed E-state index contributed by atoms with van der Waals surface area (Å²) < 4.78 is 8.28. The normalized spacial score (nSPS) is 10.8. The number of benzene rings is 1. The van der Waals surface area contributed by atoms with E-state index >= 15 is 0 Å². The van der Waals surface area contributed by atoms with Crippen LogP contribution in [0.1, 0.15) is 0 Å². The molecule has 0 aliphatic heterocycles. The van der Waals surface area contributed by atoms with Crippen molar-refractivity contribution in [3.05, 3.63) is 52.4 Å². The second-order valence-corrected chi connectivity index (χ2v) is 4.93. The average molecular weight is 350 g/mol. The SMILES string of the molecule is COc1ccc(-c2nc(I)c3ccccn23)cc1. The molecule has 0 saturated carbocycles. The molecule has 2 heterocycles. The first-order valence-electron chi connectivity index (χ1n) is 5.56. The van der Waals surface area contributed by atoms with Gasteiger partial charge in [-0.1, -0.05) is 6.07 Å². The number of halogens is 1. The van der Waals surface area contributed by atoms with Crippen LogP contribution in [0.4, 0.5) is 0 Å². The van der Waals surface area contributed by atoms with E-state index in [1.807, 2.05) is 42.6 Å². The third-order valence-corrected chi connectivity index (χ3v) is 3.65. The minimum Gasteiger partial charge on any atom is -0.497 e. The summed E-state index contributed by atoms with van der Waals surface area (Å²) in [6, 6.07) is 14.1. The van der Waals surface area contributed by atoms with Crippen molar-refractivity contribution in [2.75, 3.05) is 7.11 Å². The van der Waals surface area contributed by atoms with Gasteiger partial charge < -0.3 is 4.74 Å². The summed E-state index contributed by atoms with van der Waals surface area (Å²) in [6.45, 7) is 0. The molecule has 0 amide bonds. The highest BCUT2D eigenvalue weighted by Crippen LogP contribution is 2.25. The van der Waals surface area contributed by atoms with Crippen molar-refractivity contribution in [1.29, 1.82) is 0 Å². The number of rotatable bonds is 2. The highest BCUT2D eigenvalue weighted by atomic mass is 127. The number of nitrogens with zero attached hydrogens (tertiary/aromatic N) is 2. The monoisotopic (exact) mass is 350 g/mol.